The molecule has 16 heavy (non-hydrogen) atoms. The van der Waals surface area contributed by atoms with Crippen LogP contribution in [0.3, 0.4) is 0 Å². The lowest BCUT2D eigenvalue weighted by atomic mass is 9.96. The van der Waals surface area contributed by atoms with E-state index in [-0.39, 0.29) is 18.2 Å². The average molecular weight is 218 g/mol. The zero-order chi connectivity index (χ0) is 11.7. The summed E-state index contributed by atoms with van der Waals surface area (Å²) in [5.41, 5.74) is 13.8. The summed E-state index contributed by atoms with van der Waals surface area (Å²) < 4.78 is 5.40. The first-order valence-corrected chi connectivity index (χ1v) is 4.93. The van der Waals surface area contributed by atoms with Crippen LogP contribution < -0.4 is 16.2 Å². The molecule has 5 heteroatoms. The van der Waals surface area contributed by atoms with Gasteiger partial charge in [0.1, 0.15) is 11.6 Å². The van der Waals surface area contributed by atoms with Crippen molar-refractivity contribution in [2.45, 2.75) is 12.3 Å². The molecule has 0 aliphatic carbocycles. The van der Waals surface area contributed by atoms with Gasteiger partial charge in [0, 0.05) is 23.5 Å². The number of nitrogens with one attached hydrogen (secondary N) is 2. The van der Waals surface area contributed by atoms with E-state index in [0.29, 0.717) is 12.2 Å². The van der Waals surface area contributed by atoms with Crippen LogP contribution in [0.1, 0.15) is 23.5 Å². The highest BCUT2D eigenvalue weighted by Crippen LogP contribution is 2.36. The van der Waals surface area contributed by atoms with Crippen LogP contribution in [-0.4, -0.2) is 18.3 Å². The molecule has 83 valence electrons. The van der Waals surface area contributed by atoms with E-state index in [1.165, 1.54) is 0 Å². The third-order valence-electron chi connectivity index (χ3n) is 2.63. The quantitative estimate of drug-likeness (QED) is 0.575. The van der Waals surface area contributed by atoms with Gasteiger partial charge in [0.15, 0.2) is 0 Å². The van der Waals surface area contributed by atoms with Crippen molar-refractivity contribution >= 4 is 11.7 Å². The summed E-state index contributed by atoms with van der Waals surface area (Å²) in [6.07, 6.45) is 0.147. The molecule has 0 spiro atoms. The van der Waals surface area contributed by atoms with Crippen molar-refractivity contribution < 1.29 is 9.53 Å². The molecule has 5 nitrogen and oxygen atoms in total. The maximum absolute atomic E-state index is 10.8. The fourth-order valence-electron chi connectivity index (χ4n) is 1.84. The summed E-state index contributed by atoms with van der Waals surface area (Å²) >= 11 is 0. The normalized spacial score (nSPS) is 17.6. The average Bonchev–Trinajstić information content (AvgIpc) is 2.60. The van der Waals surface area contributed by atoms with Crippen LogP contribution in [0.15, 0.2) is 18.2 Å². The Morgan fingerprint density at radius 1 is 1.56 bits per heavy atom. The predicted octanol–water partition coefficient (Wildman–Crippen LogP) is 0.646. The van der Waals surface area contributed by atoms with Crippen molar-refractivity contribution in [3.05, 3.63) is 29.3 Å². The van der Waals surface area contributed by atoms with Crippen LogP contribution in [0, 0.1) is 5.41 Å². The van der Waals surface area contributed by atoms with E-state index in [4.69, 9.17) is 21.6 Å². The second-order valence-corrected chi connectivity index (χ2v) is 3.80. The summed E-state index contributed by atoms with van der Waals surface area (Å²) in [6, 6.07) is 5.23. The van der Waals surface area contributed by atoms with Gasteiger partial charge in [0.05, 0.1) is 6.61 Å². The van der Waals surface area contributed by atoms with Crippen LogP contribution in [0.5, 0.6) is 5.75 Å². The van der Waals surface area contributed by atoms with Gasteiger partial charge in [-0.3, -0.25) is 15.9 Å². The van der Waals surface area contributed by atoms with Gasteiger partial charge in [-0.2, -0.15) is 0 Å². The SMILES string of the molecule is [NH]C(=O)CC1COc2ccc(C(=N)N)cc21. The molecule has 0 saturated heterocycles. The number of amides is 1. The number of rotatable bonds is 3. The molecule has 1 amide bonds. The lowest BCUT2D eigenvalue weighted by Gasteiger charge is -2.06. The highest BCUT2D eigenvalue weighted by Gasteiger charge is 2.26. The van der Waals surface area contributed by atoms with Crippen LogP contribution in [0.25, 0.3) is 0 Å². The third-order valence-corrected chi connectivity index (χ3v) is 2.63. The number of nitrogens with two attached hydrogens (primary N) is 1. The highest BCUT2D eigenvalue weighted by molar-refractivity contribution is 5.95. The Bertz CT molecular complexity index is 457. The first-order chi connectivity index (χ1) is 7.58. The topological polar surface area (TPSA) is 100.0 Å². The predicted molar refractivity (Wildman–Crippen MR) is 58.4 cm³/mol. The molecule has 0 aromatic heterocycles. The van der Waals surface area contributed by atoms with E-state index >= 15 is 0 Å². The number of ether oxygens (including phenoxy) is 1. The standard InChI is InChI=1S/C11H12N3O2/c12-10(15)4-7-5-16-9-2-1-6(11(13)14)3-8(7)9/h1-3,7,12H,4-5H2,(H3,13,14). The van der Waals surface area contributed by atoms with Crippen molar-refractivity contribution in [1.29, 1.82) is 5.41 Å². The van der Waals surface area contributed by atoms with Crippen LogP contribution in [-0.2, 0) is 4.79 Å². The number of carbonyl (C=O) groups excluding carboxylic acids is 1. The van der Waals surface area contributed by atoms with E-state index in [1.807, 2.05) is 0 Å². The van der Waals surface area contributed by atoms with Crippen LogP contribution >= 0.6 is 0 Å². The Balaban J connectivity index is 2.33. The molecule has 1 atom stereocenters. The van der Waals surface area contributed by atoms with Gasteiger partial charge in [-0.15, -0.1) is 0 Å². The van der Waals surface area contributed by atoms with Crippen molar-refractivity contribution in [3.63, 3.8) is 0 Å². The molecule has 4 N–H and O–H groups in total. The Morgan fingerprint density at radius 2 is 2.31 bits per heavy atom. The summed E-state index contributed by atoms with van der Waals surface area (Å²) in [4.78, 5) is 10.8. The minimum Gasteiger partial charge on any atom is -0.493 e. The second kappa shape index (κ2) is 3.84. The lowest BCUT2D eigenvalue weighted by molar-refractivity contribution is -0.119. The van der Waals surface area contributed by atoms with Gasteiger partial charge >= 0.3 is 0 Å². The molecule has 1 aliphatic heterocycles. The molecule has 1 aliphatic rings. The van der Waals surface area contributed by atoms with Crippen LogP contribution in [0.4, 0.5) is 0 Å². The van der Waals surface area contributed by atoms with Crippen molar-refractivity contribution in [1.82, 2.24) is 5.73 Å². The molecule has 0 fully saturated rings. The molecule has 1 heterocycles. The number of amidine groups is 1. The Kier molecular flexibility index (Phi) is 2.52. The number of nitrogen functional groups attached to an aromatic ring is 1. The molecular weight excluding hydrogens is 206 g/mol. The zero-order valence-corrected chi connectivity index (χ0v) is 8.62. The molecule has 1 unspecified atom stereocenters. The highest BCUT2D eigenvalue weighted by atomic mass is 16.5. The molecule has 0 saturated carbocycles. The Hall–Kier alpha value is -2.04. The Morgan fingerprint density at radius 3 is 2.94 bits per heavy atom. The fraction of sp³-hybridized carbons (Fsp3) is 0.273. The number of fused-ring (bicyclic) bond motifs is 1. The van der Waals surface area contributed by atoms with Gasteiger partial charge in [0.2, 0.25) is 5.91 Å². The molecular formula is C11H12N3O2. The minimum atomic E-state index is -0.602. The first-order valence-electron chi connectivity index (χ1n) is 4.93. The van der Waals surface area contributed by atoms with Crippen molar-refractivity contribution in [2.75, 3.05) is 6.61 Å². The molecule has 1 aromatic rings. The number of hydrogen-bond acceptors (Lipinski definition) is 3. The number of hydrogen-bond donors (Lipinski definition) is 2. The van der Waals surface area contributed by atoms with Crippen molar-refractivity contribution in [3.8, 4) is 5.75 Å². The van der Waals surface area contributed by atoms with Gasteiger partial charge in [-0.25, -0.2) is 0 Å². The monoisotopic (exact) mass is 218 g/mol. The molecule has 2 rings (SSSR count). The second-order valence-electron chi connectivity index (χ2n) is 3.80. The Labute approximate surface area is 92.9 Å². The molecule has 1 aromatic carbocycles. The van der Waals surface area contributed by atoms with Crippen molar-refractivity contribution in [2.24, 2.45) is 5.73 Å². The first kappa shape index (κ1) is 10.5. The maximum atomic E-state index is 10.8. The van der Waals surface area contributed by atoms with E-state index in [1.54, 1.807) is 18.2 Å². The van der Waals surface area contributed by atoms with E-state index in [9.17, 15) is 4.79 Å². The summed E-state index contributed by atoms with van der Waals surface area (Å²) in [7, 11) is 0. The molecule has 0 bridgehead atoms. The third kappa shape index (κ3) is 1.84. The lowest BCUT2D eigenvalue weighted by Crippen LogP contribution is -2.12. The summed E-state index contributed by atoms with van der Waals surface area (Å²) in [5.74, 6) is 0.0240. The minimum absolute atomic E-state index is 0.00866. The van der Waals surface area contributed by atoms with Gasteiger partial charge < -0.3 is 10.5 Å². The van der Waals surface area contributed by atoms with E-state index < -0.39 is 5.91 Å². The van der Waals surface area contributed by atoms with Crippen LogP contribution in [0.2, 0.25) is 0 Å². The summed E-state index contributed by atoms with van der Waals surface area (Å²) in [6.45, 7) is 0.418. The zero-order valence-electron chi connectivity index (χ0n) is 8.62. The fourth-order valence-corrected chi connectivity index (χ4v) is 1.84. The maximum Gasteiger partial charge on any atom is 0.239 e. The largest absolute Gasteiger partial charge is 0.493 e. The summed E-state index contributed by atoms with van der Waals surface area (Å²) in [5, 5.41) is 7.34. The molecule has 1 radical (unpaired) electrons. The van der Waals surface area contributed by atoms with E-state index in [2.05, 4.69) is 0 Å². The number of benzene rings is 1. The number of carbonyl (C=O) groups is 1. The van der Waals surface area contributed by atoms with E-state index in [0.717, 1.165) is 11.3 Å². The van der Waals surface area contributed by atoms with Gasteiger partial charge in [-0.05, 0) is 18.2 Å². The van der Waals surface area contributed by atoms with Gasteiger partial charge in [0.25, 0.3) is 0 Å². The smallest absolute Gasteiger partial charge is 0.239 e. The van der Waals surface area contributed by atoms with Gasteiger partial charge in [-0.1, -0.05) is 0 Å².